The number of nitrogens with zero attached hydrogens (tertiary/aromatic N) is 1. The summed E-state index contributed by atoms with van der Waals surface area (Å²) in [6.45, 7) is 0. The number of carbonyl (C=O) groups is 3. The highest BCUT2D eigenvalue weighted by atomic mass is 16.2. The van der Waals surface area contributed by atoms with Crippen molar-refractivity contribution >= 4 is 28.5 Å². The van der Waals surface area contributed by atoms with Gasteiger partial charge in [0, 0.05) is 31.2 Å². The zero-order chi connectivity index (χ0) is 25.3. The molecule has 0 aliphatic carbocycles. The Labute approximate surface area is 209 Å². The van der Waals surface area contributed by atoms with Gasteiger partial charge in [-0.2, -0.15) is 0 Å². The Balaban J connectivity index is 1.46. The van der Waals surface area contributed by atoms with Gasteiger partial charge in [-0.05, 0) is 28.3 Å². The summed E-state index contributed by atoms with van der Waals surface area (Å²) in [5.41, 5.74) is 8.28. The first-order valence-corrected chi connectivity index (χ1v) is 11.9. The van der Waals surface area contributed by atoms with Gasteiger partial charge in [0.1, 0.15) is 12.1 Å². The summed E-state index contributed by atoms with van der Waals surface area (Å²) < 4.78 is 0. The molecule has 4 rings (SSSR count). The van der Waals surface area contributed by atoms with Gasteiger partial charge in [-0.1, -0.05) is 72.8 Å². The predicted molar refractivity (Wildman–Crippen MR) is 138 cm³/mol. The van der Waals surface area contributed by atoms with Crippen molar-refractivity contribution in [1.29, 1.82) is 0 Å². The number of amides is 3. The monoisotopic (exact) mass is 483 g/mol. The number of carbonyl (C=O) groups excluding carboxylic acids is 3. The van der Waals surface area contributed by atoms with Gasteiger partial charge in [-0.25, -0.2) is 4.98 Å². The quantitative estimate of drug-likeness (QED) is 0.261. The average molecular weight is 484 g/mol. The van der Waals surface area contributed by atoms with Crippen LogP contribution in [0.25, 0.3) is 10.8 Å². The Kier molecular flexibility index (Phi) is 8.08. The Bertz CT molecular complexity index is 1320. The fourth-order valence-electron chi connectivity index (χ4n) is 4.18. The van der Waals surface area contributed by atoms with Crippen molar-refractivity contribution in [3.8, 4) is 0 Å². The number of nitrogens with one attached hydrogen (secondary N) is 3. The van der Waals surface area contributed by atoms with Crippen LogP contribution >= 0.6 is 0 Å². The molecule has 3 amide bonds. The first-order valence-electron chi connectivity index (χ1n) is 11.9. The second-order valence-electron chi connectivity index (χ2n) is 8.69. The van der Waals surface area contributed by atoms with Gasteiger partial charge in [0.25, 0.3) is 0 Å². The van der Waals surface area contributed by atoms with E-state index in [-0.39, 0.29) is 25.2 Å². The zero-order valence-electron chi connectivity index (χ0n) is 19.8. The van der Waals surface area contributed by atoms with Crippen molar-refractivity contribution in [2.24, 2.45) is 5.73 Å². The summed E-state index contributed by atoms with van der Waals surface area (Å²) in [7, 11) is 0. The number of benzene rings is 3. The lowest BCUT2D eigenvalue weighted by atomic mass is 9.98. The van der Waals surface area contributed by atoms with E-state index < -0.39 is 23.9 Å². The fraction of sp³-hybridized carbons (Fsp3) is 0.214. The maximum absolute atomic E-state index is 13.3. The molecule has 1 heterocycles. The van der Waals surface area contributed by atoms with Gasteiger partial charge >= 0.3 is 0 Å². The molecule has 0 spiro atoms. The van der Waals surface area contributed by atoms with E-state index in [1.54, 1.807) is 6.20 Å². The highest BCUT2D eigenvalue weighted by Gasteiger charge is 2.27. The Morgan fingerprint density at radius 2 is 1.61 bits per heavy atom. The smallest absolute Gasteiger partial charge is 0.243 e. The van der Waals surface area contributed by atoms with Crippen LogP contribution in [0.4, 0.5) is 0 Å². The molecule has 36 heavy (non-hydrogen) atoms. The van der Waals surface area contributed by atoms with Gasteiger partial charge in [-0.3, -0.25) is 14.4 Å². The van der Waals surface area contributed by atoms with Gasteiger partial charge in [0.05, 0.1) is 6.33 Å². The lowest BCUT2D eigenvalue weighted by molar-refractivity contribution is -0.131. The van der Waals surface area contributed by atoms with E-state index in [2.05, 4.69) is 20.6 Å². The minimum absolute atomic E-state index is 0.197. The van der Waals surface area contributed by atoms with E-state index >= 15 is 0 Å². The van der Waals surface area contributed by atoms with Crippen molar-refractivity contribution in [3.05, 3.63) is 102 Å². The van der Waals surface area contributed by atoms with Crippen LogP contribution in [0.3, 0.4) is 0 Å². The highest BCUT2D eigenvalue weighted by Crippen LogP contribution is 2.20. The molecule has 0 saturated heterocycles. The topological polar surface area (TPSA) is 130 Å². The number of H-pyrrole nitrogens is 1. The second-order valence-corrected chi connectivity index (χ2v) is 8.69. The average Bonchev–Trinajstić information content (AvgIpc) is 3.40. The molecule has 8 heteroatoms. The van der Waals surface area contributed by atoms with Crippen LogP contribution in [0, 0.1) is 0 Å². The number of hydrogen-bond acceptors (Lipinski definition) is 4. The first-order chi connectivity index (χ1) is 17.5. The number of primary amides is 1. The molecule has 4 aromatic rings. The van der Waals surface area contributed by atoms with E-state index in [4.69, 9.17) is 5.73 Å². The number of hydrogen-bond donors (Lipinski definition) is 4. The molecular weight excluding hydrogens is 454 g/mol. The standard InChI is InChI=1S/C28H29N5O3/c29-27(35)24(15-21-11-6-10-20-9-4-5-12-23(20)21)33-28(36)25(16-22-17-30-18-31-22)32-26(34)14-13-19-7-2-1-3-8-19/h1-12,17-18,24-25H,13-16H2,(H2,29,35)(H,30,31)(H,32,34)(H,33,36)/t24-,25-/m0/s1. The van der Waals surface area contributed by atoms with Gasteiger partial charge in [0.2, 0.25) is 17.7 Å². The fourth-order valence-corrected chi connectivity index (χ4v) is 4.18. The maximum Gasteiger partial charge on any atom is 0.243 e. The van der Waals surface area contributed by atoms with E-state index in [0.29, 0.717) is 12.1 Å². The van der Waals surface area contributed by atoms with Crippen molar-refractivity contribution in [2.75, 3.05) is 0 Å². The van der Waals surface area contributed by atoms with E-state index in [0.717, 1.165) is 21.9 Å². The lowest BCUT2D eigenvalue weighted by Gasteiger charge is -2.22. The molecule has 184 valence electrons. The largest absolute Gasteiger partial charge is 0.368 e. The molecule has 1 aromatic heterocycles. The zero-order valence-corrected chi connectivity index (χ0v) is 19.8. The number of imidazole rings is 1. The van der Waals surface area contributed by atoms with Crippen LogP contribution < -0.4 is 16.4 Å². The molecule has 0 bridgehead atoms. The number of fused-ring (bicyclic) bond motifs is 1. The summed E-state index contributed by atoms with van der Waals surface area (Å²) in [5.74, 6) is -1.39. The van der Waals surface area contributed by atoms with Crippen molar-refractivity contribution in [3.63, 3.8) is 0 Å². The van der Waals surface area contributed by atoms with Crippen LogP contribution in [0.15, 0.2) is 85.3 Å². The molecule has 0 fully saturated rings. The minimum atomic E-state index is -0.936. The van der Waals surface area contributed by atoms with Crippen molar-refractivity contribution < 1.29 is 14.4 Å². The summed E-state index contributed by atoms with van der Waals surface area (Å²) in [5, 5.41) is 7.60. The molecule has 0 unspecified atom stereocenters. The molecule has 5 N–H and O–H groups in total. The molecule has 0 aliphatic rings. The van der Waals surface area contributed by atoms with Gasteiger partial charge < -0.3 is 21.4 Å². The minimum Gasteiger partial charge on any atom is -0.368 e. The maximum atomic E-state index is 13.3. The molecule has 0 saturated carbocycles. The van der Waals surface area contributed by atoms with Gasteiger partial charge in [0.15, 0.2) is 0 Å². The predicted octanol–water partition coefficient (Wildman–Crippen LogP) is 2.44. The highest BCUT2D eigenvalue weighted by molar-refractivity contribution is 5.93. The van der Waals surface area contributed by atoms with Crippen molar-refractivity contribution in [2.45, 2.75) is 37.8 Å². The molecule has 0 aliphatic heterocycles. The van der Waals surface area contributed by atoms with E-state index in [1.165, 1.54) is 6.33 Å². The summed E-state index contributed by atoms with van der Waals surface area (Å²) >= 11 is 0. The normalized spacial score (nSPS) is 12.6. The van der Waals surface area contributed by atoms with Crippen molar-refractivity contribution in [1.82, 2.24) is 20.6 Å². The van der Waals surface area contributed by atoms with Crippen LogP contribution in [0.5, 0.6) is 0 Å². The third kappa shape index (κ3) is 6.56. The third-order valence-corrected chi connectivity index (χ3v) is 6.08. The number of aryl methyl sites for hydroxylation is 1. The Hall–Kier alpha value is -4.46. The van der Waals surface area contributed by atoms with E-state index in [1.807, 2.05) is 72.8 Å². The number of aromatic nitrogens is 2. The Morgan fingerprint density at radius 3 is 2.36 bits per heavy atom. The SMILES string of the molecule is NC(=O)[C@H](Cc1cccc2ccccc12)NC(=O)[C@H](Cc1cnc[nH]1)NC(=O)CCc1ccccc1. The van der Waals surface area contributed by atoms with Crippen LogP contribution in [0.2, 0.25) is 0 Å². The van der Waals surface area contributed by atoms with E-state index in [9.17, 15) is 14.4 Å². The molecule has 3 aromatic carbocycles. The molecule has 0 radical (unpaired) electrons. The summed E-state index contributed by atoms with van der Waals surface area (Å²) in [6, 6.07) is 21.5. The molecule has 2 atom stereocenters. The molecular formula is C28H29N5O3. The second kappa shape index (κ2) is 11.8. The van der Waals surface area contributed by atoms with Crippen LogP contribution in [-0.2, 0) is 33.6 Å². The first kappa shape index (κ1) is 24.7. The third-order valence-electron chi connectivity index (χ3n) is 6.08. The Morgan fingerprint density at radius 1 is 0.861 bits per heavy atom. The number of rotatable bonds is 11. The van der Waals surface area contributed by atoms with Crippen LogP contribution in [0.1, 0.15) is 23.2 Å². The molecule has 8 nitrogen and oxygen atoms in total. The summed E-state index contributed by atoms with van der Waals surface area (Å²) in [6.07, 6.45) is 4.32. The summed E-state index contributed by atoms with van der Waals surface area (Å²) in [4.78, 5) is 45.2. The lowest BCUT2D eigenvalue weighted by Crippen LogP contribution is -2.54. The van der Waals surface area contributed by atoms with Crippen LogP contribution in [-0.4, -0.2) is 39.8 Å². The number of aromatic amines is 1. The number of nitrogens with two attached hydrogens (primary N) is 1. The van der Waals surface area contributed by atoms with Gasteiger partial charge in [-0.15, -0.1) is 0 Å².